The van der Waals surface area contributed by atoms with Gasteiger partial charge in [0.05, 0.1) is 4.92 Å². The van der Waals surface area contributed by atoms with Crippen LogP contribution >= 0.6 is 0 Å². The molecule has 1 fully saturated rings. The number of rotatable bonds is 3. The Balaban J connectivity index is 2.12. The van der Waals surface area contributed by atoms with Crippen LogP contribution in [0.15, 0.2) is 12.1 Å². The van der Waals surface area contributed by atoms with E-state index in [9.17, 15) is 10.1 Å². The molecule has 1 aliphatic rings. The Hall–Kier alpha value is -2.16. The molecule has 6 heteroatoms. The van der Waals surface area contributed by atoms with Crippen molar-refractivity contribution < 1.29 is 4.92 Å². The first-order valence-electron chi connectivity index (χ1n) is 6.53. The zero-order chi connectivity index (χ0) is 13.7. The van der Waals surface area contributed by atoms with Crippen LogP contribution in [-0.2, 0) is 0 Å². The maximum atomic E-state index is 10.7. The molecule has 0 saturated heterocycles. The van der Waals surface area contributed by atoms with Crippen LogP contribution in [0.1, 0.15) is 44.2 Å². The Kier molecular flexibility index (Phi) is 4.29. The van der Waals surface area contributed by atoms with Crippen LogP contribution < -0.4 is 5.32 Å². The van der Waals surface area contributed by atoms with Gasteiger partial charge in [-0.05, 0) is 18.9 Å². The second-order valence-electron chi connectivity index (χ2n) is 4.77. The van der Waals surface area contributed by atoms with E-state index >= 15 is 0 Å². The third-order valence-electron chi connectivity index (χ3n) is 3.38. The van der Waals surface area contributed by atoms with Gasteiger partial charge in [-0.1, -0.05) is 25.7 Å². The summed E-state index contributed by atoms with van der Waals surface area (Å²) in [7, 11) is 0. The first kappa shape index (κ1) is 13.3. The molecule has 0 aromatic carbocycles. The number of nitrogens with one attached hydrogen (secondary N) is 1. The number of hydrogen-bond acceptors (Lipinski definition) is 5. The first-order valence-corrected chi connectivity index (χ1v) is 6.53. The summed E-state index contributed by atoms with van der Waals surface area (Å²) in [6, 6.07) is 5.04. The van der Waals surface area contributed by atoms with E-state index in [2.05, 4.69) is 10.3 Å². The zero-order valence-electron chi connectivity index (χ0n) is 10.6. The maximum Gasteiger partial charge on any atom is 0.305 e. The molecular formula is C13H16N4O2. The second-order valence-corrected chi connectivity index (χ2v) is 4.77. The van der Waals surface area contributed by atoms with Gasteiger partial charge in [0.2, 0.25) is 5.69 Å². The van der Waals surface area contributed by atoms with Crippen LogP contribution in [0.3, 0.4) is 0 Å². The largest absolute Gasteiger partial charge is 0.367 e. The Morgan fingerprint density at radius 3 is 2.58 bits per heavy atom. The summed E-state index contributed by atoms with van der Waals surface area (Å²) in [4.78, 5) is 14.2. The minimum atomic E-state index is -0.582. The molecule has 19 heavy (non-hydrogen) atoms. The van der Waals surface area contributed by atoms with Crippen LogP contribution in [-0.4, -0.2) is 15.9 Å². The Morgan fingerprint density at radius 1 is 1.32 bits per heavy atom. The molecule has 1 aliphatic carbocycles. The highest BCUT2D eigenvalue weighted by Crippen LogP contribution is 2.22. The molecule has 0 bridgehead atoms. The molecule has 0 radical (unpaired) electrons. The van der Waals surface area contributed by atoms with E-state index in [4.69, 9.17) is 5.26 Å². The molecule has 1 N–H and O–H groups in total. The van der Waals surface area contributed by atoms with E-state index in [0.717, 1.165) is 12.8 Å². The first-order chi connectivity index (χ1) is 9.20. The van der Waals surface area contributed by atoms with Crippen molar-refractivity contribution >= 4 is 11.5 Å². The van der Waals surface area contributed by atoms with Crippen molar-refractivity contribution in [2.45, 2.75) is 44.6 Å². The Bertz CT molecular complexity index is 502. The van der Waals surface area contributed by atoms with Gasteiger partial charge in [0.25, 0.3) is 0 Å². The van der Waals surface area contributed by atoms with Crippen molar-refractivity contribution in [2.24, 2.45) is 0 Å². The van der Waals surface area contributed by atoms with E-state index in [0.29, 0.717) is 11.9 Å². The molecule has 6 nitrogen and oxygen atoms in total. The minimum absolute atomic E-state index is 0.136. The van der Waals surface area contributed by atoms with Gasteiger partial charge in [-0.25, -0.2) is 4.98 Å². The van der Waals surface area contributed by atoms with Gasteiger partial charge in [-0.2, -0.15) is 5.26 Å². The lowest BCUT2D eigenvalue weighted by molar-refractivity contribution is -0.385. The molecule has 1 saturated carbocycles. The van der Waals surface area contributed by atoms with Gasteiger partial charge in [0, 0.05) is 12.1 Å². The molecule has 0 atom stereocenters. The smallest absolute Gasteiger partial charge is 0.305 e. The fraction of sp³-hybridized carbons (Fsp3) is 0.538. The highest BCUT2D eigenvalue weighted by atomic mass is 16.6. The number of pyridine rings is 1. The van der Waals surface area contributed by atoms with Crippen LogP contribution in [0.25, 0.3) is 0 Å². The molecule has 0 unspecified atom stereocenters. The quantitative estimate of drug-likeness (QED) is 0.512. The van der Waals surface area contributed by atoms with E-state index in [1.807, 2.05) is 0 Å². The van der Waals surface area contributed by atoms with Gasteiger partial charge < -0.3 is 5.32 Å². The van der Waals surface area contributed by atoms with Gasteiger partial charge >= 0.3 is 5.69 Å². The highest BCUT2D eigenvalue weighted by Gasteiger charge is 2.17. The SMILES string of the molecule is N#Cc1nc(NC2CCCCCC2)ccc1[N+](=O)[O-]. The average molecular weight is 260 g/mol. The molecular weight excluding hydrogens is 244 g/mol. The number of anilines is 1. The van der Waals surface area contributed by atoms with Crippen molar-refractivity contribution in [2.75, 3.05) is 5.32 Å². The molecule has 1 heterocycles. The summed E-state index contributed by atoms with van der Waals surface area (Å²) in [5.41, 5.74) is -0.377. The topological polar surface area (TPSA) is 91.8 Å². The number of hydrogen-bond donors (Lipinski definition) is 1. The molecule has 0 spiro atoms. The second kappa shape index (κ2) is 6.14. The van der Waals surface area contributed by atoms with E-state index < -0.39 is 4.92 Å². The number of nitrogens with zero attached hydrogens (tertiary/aromatic N) is 3. The average Bonchev–Trinajstić information content (AvgIpc) is 2.67. The van der Waals surface area contributed by atoms with Gasteiger partial charge in [-0.3, -0.25) is 10.1 Å². The normalized spacial score (nSPS) is 16.4. The van der Waals surface area contributed by atoms with E-state index in [1.54, 1.807) is 12.1 Å². The highest BCUT2D eigenvalue weighted by molar-refractivity contribution is 5.50. The molecule has 0 aliphatic heterocycles. The monoisotopic (exact) mass is 260 g/mol. The van der Waals surface area contributed by atoms with Crippen molar-refractivity contribution in [1.29, 1.82) is 5.26 Å². The van der Waals surface area contributed by atoms with Crippen molar-refractivity contribution in [1.82, 2.24) is 4.98 Å². The fourth-order valence-corrected chi connectivity index (χ4v) is 2.39. The predicted molar refractivity (Wildman–Crippen MR) is 70.7 cm³/mol. The third-order valence-corrected chi connectivity index (χ3v) is 3.38. The molecule has 1 aromatic heterocycles. The van der Waals surface area contributed by atoms with Gasteiger partial charge in [0.15, 0.2) is 0 Å². The van der Waals surface area contributed by atoms with Crippen molar-refractivity contribution in [3.63, 3.8) is 0 Å². The zero-order valence-corrected chi connectivity index (χ0v) is 10.6. The number of nitriles is 1. The van der Waals surface area contributed by atoms with Crippen LogP contribution in [0, 0.1) is 21.4 Å². The van der Waals surface area contributed by atoms with Crippen molar-refractivity contribution in [3.8, 4) is 6.07 Å². The van der Waals surface area contributed by atoms with Crippen LogP contribution in [0.5, 0.6) is 0 Å². The summed E-state index contributed by atoms with van der Waals surface area (Å²) >= 11 is 0. The van der Waals surface area contributed by atoms with Gasteiger partial charge in [0.1, 0.15) is 11.9 Å². The molecule has 2 rings (SSSR count). The lowest BCUT2D eigenvalue weighted by Crippen LogP contribution is -2.19. The van der Waals surface area contributed by atoms with Crippen LogP contribution in [0.4, 0.5) is 11.5 Å². The van der Waals surface area contributed by atoms with E-state index in [1.165, 1.54) is 31.7 Å². The summed E-state index contributed by atoms with van der Waals surface area (Å²) in [5.74, 6) is 0.550. The summed E-state index contributed by atoms with van der Waals surface area (Å²) < 4.78 is 0. The third kappa shape index (κ3) is 3.41. The van der Waals surface area contributed by atoms with Gasteiger partial charge in [-0.15, -0.1) is 0 Å². The minimum Gasteiger partial charge on any atom is -0.367 e. The standard InChI is InChI=1S/C13H16N4O2/c14-9-11-12(17(18)19)7-8-13(16-11)15-10-5-3-1-2-4-6-10/h7-8,10H,1-6H2,(H,15,16). The lowest BCUT2D eigenvalue weighted by atomic mass is 10.1. The summed E-state index contributed by atoms with van der Waals surface area (Å²) in [6.07, 6.45) is 7.07. The van der Waals surface area contributed by atoms with Crippen molar-refractivity contribution in [3.05, 3.63) is 27.9 Å². The maximum absolute atomic E-state index is 10.7. The molecule has 1 aromatic rings. The van der Waals surface area contributed by atoms with E-state index in [-0.39, 0.29) is 11.4 Å². The summed E-state index contributed by atoms with van der Waals surface area (Å²) in [6.45, 7) is 0. The predicted octanol–water partition coefficient (Wildman–Crippen LogP) is 3.00. The molecule has 100 valence electrons. The lowest BCUT2D eigenvalue weighted by Gasteiger charge is -2.16. The number of nitro groups is 1. The Morgan fingerprint density at radius 2 is 2.00 bits per heavy atom. The fourth-order valence-electron chi connectivity index (χ4n) is 2.39. The summed E-state index contributed by atoms with van der Waals surface area (Å²) in [5, 5.41) is 22.9. The molecule has 0 amide bonds. The number of aromatic nitrogens is 1. The Labute approximate surface area is 111 Å². The van der Waals surface area contributed by atoms with Crippen LogP contribution in [0.2, 0.25) is 0 Å².